The van der Waals surface area contributed by atoms with Crippen LogP contribution in [0.25, 0.3) is 0 Å². The van der Waals surface area contributed by atoms with Crippen molar-refractivity contribution in [2.24, 2.45) is 5.92 Å². The summed E-state index contributed by atoms with van der Waals surface area (Å²) in [7, 11) is 0. The highest BCUT2D eigenvalue weighted by atomic mass is 16.3. The molecule has 0 bridgehead atoms. The molecule has 1 fully saturated rings. The Kier molecular flexibility index (Phi) is 6.69. The van der Waals surface area contributed by atoms with Gasteiger partial charge in [0.2, 0.25) is 5.91 Å². The van der Waals surface area contributed by atoms with Crippen molar-refractivity contribution in [3.05, 3.63) is 0 Å². The van der Waals surface area contributed by atoms with E-state index in [-0.39, 0.29) is 18.1 Å². The lowest BCUT2D eigenvalue weighted by Crippen LogP contribution is -2.41. The van der Waals surface area contributed by atoms with Gasteiger partial charge in [0.05, 0.1) is 6.10 Å². The van der Waals surface area contributed by atoms with E-state index in [9.17, 15) is 9.90 Å². The van der Waals surface area contributed by atoms with Gasteiger partial charge in [0.1, 0.15) is 0 Å². The molecule has 1 rings (SSSR count). The van der Waals surface area contributed by atoms with Gasteiger partial charge in [-0.05, 0) is 38.5 Å². The van der Waals surface area contributed by atoms with E-state index >= 15 is 0 Å². The monoisotopic (exact) mass is 255 g/mol. The molecular weight excluding hydrogens is 226 g/mol. The molecule has 106 valence electrons. The van der Waals surface area contributed by atoms with Crippen LogP contribution in [0.3, 0.4) is 0 Å². The van der Waals surface area contributed by atoms with Crippen LogP contribution in [0.1, 0.15) is 65.7 Å². The molecule has 0 spiro atoms. The molecule has 3 nitrogen and oxygen atoms in total. The fourth-order valence-electron chi connectivity index (χ4n) is 2.70. The van der Waals surface area contributed by atoms with Gasteiger partial charge in [0.25, 0.3) is 0 Å². The molecule has 0 aromatic heterocycles. The maximum Gasteiger partial charge on any atom is 0.222 e. The van der Waals surface area contributed by atoms with Crippen LogP contribution in [0.15, 0.2) is 0 Å². The van der Waals surface area contributed by atoms with E-state index in [0.29, 0.717) is 12.3 Å². The lowest BCUT2D eigenvalue weighted by Gasteiger charge is -2.31. The molecule has 18 heavy (non-hydrogen) atoms. The first-order chi connectivity index (χ1) is 8.50. The van der Waals surface area contributed by atoms with Gasteiger partial charge in [0.15, 0.2) is 0 Å². The van der Waals surface area contributed by atoms with Crippen LogP contribution in [-0.2, 0) is 4.79 Å². The summed E-state index contributed by atoms with van der Waals surface area (Å²) < 4.78 is 0. The zero-order valence-corrected chi connectivity index (χ0v) is 12.2. The number of carbonyl (C=O) groups is 1. The van der Waals surface area contributed by atoms with E-state index in [1.807, 2.05) is 11.8 Å². The molecule has 0 radical (unpaired) electrons. The first kappa shape index (κ1) is 15.5. The largest absolute Gasteiger partial charge is 0.393 e. The fraction of sp³-hybridized carbons (Fsp3) is 0.933. The maximum atomic E-state index is 12.3. The van der Waals surface area contributed by atoms with Crippen LogP contribution in [0.5, 0.6) is 0 Å². The molecule has 0 saturated carbocycles. The summed E-state index contributed by atoms with van der Waals surface area (Å²) >= 11 is 0. The minimum atomic E-state index is -0.312. The van der Waals surface area contributed by atoms with Crippen molar-refractivity contribution in [1.29, 1.82) is 0 Å². The number of hydrogen-bond donors (Lipinski definition) is 1. The van der Waals surface area contributed by atoms with Gasteiger partial charge in [-0.15, -0.1) is 0 Å². The van der Waals surface area contributed by atoms with Crippen LogP contribution in [0, 0.1) is 5.92 Å². The summed E-state index contributed by atoms with van der Waals surface area (Å²) in [6.07, 6.45) is 6.61. The van der Waals surface area contributed by atoms with E-state index in [4.69, 9.17) is 0 Å². The van der Waals surface area contributed by atoms with E-state index in [0.717, 1.165) is 32.2 Å². The van der Waals surface area contributed by atoms with E-state index in [1.165, 1.54) is 12.8 Å². The summed E-state index contributed by atoms with van der Waals surface area (Å²) in [5.74, 6) is 0.868. The maximum absolute atomic E-state index is 12.3. The lowest BCUT2D eigenvalue weighted by molar-refractivity contribution is -0.134. The van der Waals surface area contributed by atoms with Gasteiger partial charge in [-0.25, -0.2) is 0 Å². The van der Waals surface area contributed by atoms with Crippen LogP contribution in [-0.4, -0.2) is 34.6 Å². The van der Waals surface area contributed by atoms with Gasteiger partial charge < -0.3 is 10.0 Å². The van der Waals surface area contributed by atoms with Crippen molar-refractivity contribution in [1.82, 2.24) is 4.90 Å². The molecular formula is C15H29NO2. The van der Waals surface area contributed by atoms with E-state index in [1.54, 1.807) is 0 Å². The Morgan fingerprint density at radius 3 is 2.61 bits per heavy atom. The third kappa shape index (κ3) is 5.38. The highest BCUT2D eigenvalue weighted by Crippen LogP contribution is 2.22. The highest BCUT2D eigenvalue weighted by molar-refractivity contribution is 5.76. The Morgan fingerprint density at radius 1 is 1.28 bits per heavy atom. The minimum absolute atomic E-state index is 0.257. The number of likely N-dealkylation sites (tertiary alicyclic amines) is 1. The zero-order valence-electron chi connectivity index (χ0n) is 12.2. The molecule has 1 aliphatic rings. The lowest BCUT2D eigenvalue weighted by atomic mass is 10.0. The van der Waals surface area contributed by atoms with Crippen LogP contribution < -0.4 is 0 Å². The third-order valence-corrected chi connectivity index (χ3v) is 3.75. The number of aliphatic hydroxyl groups excluding tert-OH is 1. The number of carbonyl (C=O) groups excluding carboxylic acids is 1. The van der Waals surface area contributed by atoms with Crippen LogP contribution in [0.4, 0.5) is 0 Å². The standard InChI is InChI=1S/C15H29NO2/c1-12(2)8-9-15(18)16-10-6-4-5-7-14(16)11-13(3)17/h12-14,17H,4-11H2,1-3H3. The second kappa shape index (κ2) is 7.78. The van der Waals surface area contributed by atoms with E-state index in [2.05, 4.69) is 13.8 Å². The third-order valence-electron chi connectivity index (χ3n) is 3.75. The highest BCUT2D eigenvalue weighted by Gasteiger charge is 2.26. The van der Waals surface area contributed by atoms with Gasteiger partial charge in [-0.1, -0.05) is 26.7 Å². The van der Waals surface area contributed by atoms with Gasteiger partial charge in [-0.3, -0.25) is 4.79 Å². The average Bonchev–Trinajstić information content (AvgIpc) is 2.50. The first-order valence-corrected chi connectivity index (χ1v) is 7.48. The number of nitrogens with zero attached hydrogens (tertiary/aromatic N) is 1. The van der Waals surface area contributed by atoms with Crippen LogP contribution in [0.2, 0.25) is 0 Å². The Bertz CT molecular complexity index is 251. The summed E-state index contributed by atoms with van der Waals surface area (Å²) in [4.78, 5) is 14.3. The van der Waals surface area contributed by atoms with Crippen LogP contribution >= 0.6 is 0 Å². The van der Waals surface area contributed by atoms with Crippen molar-refractivity contribution in [2.75, 3.05) is 6.54 Å². The Hall–Kier alpha value is -0.570. The molecule has 2 unspecified atom stereocenters. The van der Waals surface area contributed by atoms with Crippen molar-refractivity contribution >= 4 is 5.91 Å². The quantitative estimate of drug-likeness (QED) is 0.820. The summed E-state index contributed by atoms with van der Waals surface area (Å²) in [6.45, 7) is 7.02. The summed E-state index contributed by atoms with van der Waals surface area (Å²) in [5.41, 5.74) is 0. The molecule has 0 aliphatic carbocycles. The molecule has 3 heteroatoms. The molecule has 1 amide bonds. The number of rotatable bonds is 5. The SMILES string of the molecule is CC(C)CCC(=O)N1CCCCCC1CC(C)O. The van der Waals surface area contributed by atoms with Crippen molar-refractivity contribution in [3.8, 4) is 0 Å². The second-order valence-electron chi connectivity index (χ2n) is 6.11. The Morgan fingerprint density at radius 2 is 2.00 bits per heavy atom. The Labute approximate surface area is 112 Å². The molecule has 1 N–H and O–H groups in total. The number of aliphatic hydroxyl groups is 1. The second-order valence-corrected chi connectivity index (χ2v) is 6.11. The van der Waals surface area contributed by atoms with Gasteiger partial charge in [0, 0.05) is 19.0 Å². The average molecular weight is 255 g/mol. The summed E-state index contributed by atoms with van der Waals surface area (Å²) in [6, 6.07) is 0.257. The zero-order chi connectivity index (χ0) is 13.5. The molecule has 1 aliphatic heterocycles. The topological polar surface area (TPSA) is 40.5 Å². The van der Waals surface area contributed by atoms with E-state index < -0.39 is 0 Å². The van der Waals surface area contributed by atoms with Crippen molar-refractivity contribution in [3.63, 3.8) is 0 Å². The smallest absolute Gasteiger partial charge is 0.222 e. The van der Waals surface area contributed by atoms with Crippen molar-refractivity contribution in [2.45, 2.75) is 77.9 Å². The molecule has 0 aromatic carbocycles. The minimum Gasteiger partial charge on any atom is -0.393 e. The Balaban J connectivity index is 2.57. The molecule has 0 aromatic rings. The summed E-state index contributed by atoms with van der Waals surface area (Å²) in [5, 5.41) is 9.58. The van der Waals surface area contributed by atoms with Gasteiger partial charge >= 0.3 is 0 Å². The number of hydrogen-bond acceptors (Lipinski definition) is 2. The molecule has 1 heterocycles. The normalized spacial score (nSPS) is 22.9. The predicted molar refractivity (Wildman–Crippen MR) is 74.3 cm³/mol. The molecule has 1 saturated heterocycles. The van der Waals surface area contributed by atoms with Gasteiger partial charge in [-0.2, -0.15) is 0 Å². The fourth-order valence-corrected chi connectivity index (χ4v) is 2.70. The van der Waals surface area contributed by atoms with Crippen molar-refractivity contribution < 1.29 is 9.90 Å². The molecule has 2 atom stereocenters. The first-order valence-electron chi connectivity index (χ1n) is 7.48. The predicted octanol–water partition coefficient (Wildman–Crippen LogP) is 2.96. The number of amides is 1.